The van der Waals surface area contributed by atoms with Crippen molar-refractivity contribution in [2.45, 2.75) is 30.3 Å². The maximum atomic E-state index is 11.6. The molecule has 1 aromatic heterocycles. The highest BCUT2D eigenvalue weighted by molar-refractivity contribution is 8.76. The molecule has 112 valence electrons. The van der Waals surface area contributed by atoms with Crippen LogP contribution in [-0.4, -0.2) is 44.6 Å². The van der Waals surface area contributed by atoms with Crippen LogP contribution in [0.15, 0.2) is 29.4 Å². The van der Waals surface area contributed by atoms with Crippen LogP contribution in [0.2, 0.25) is 0 Å². The molecule has 1 aliphatic heterocycles. The van der Waals surface area contributed by atoms with Crippen LogP contribution in [0.1, 0.15) is 19.3 Å². The zero-order chi connectivity index (χ0) is 15.2. The number of carboxylic acids is 1. The lowest BCUT2D eigenvalue weighted by Crippen LogP contribution is -2.44. The number of rotatable bonds is 7. The lowest BCUT2D eigenvalue weighted by atomic mass is 10.2. The van der Waals surface area contributed by atoms with Crippen LogP contribution >= 0.6 is 21.6 Å². The molecule has 1 aliphatic rings. The van der Waals surface area contributed by atoms with Crippen molar-refractivity contribution in [2.24, 2.45) is 0 Å². The molecule has 0 bridgehead atoms. The predicted molar refractivity (Wildman–Crippen MR) is 79.7 cm³/mol. The van der Waals surface area contributed by atoms with Gasteiger partial charge in [0.05, 0.1) is 0 Å². The highest BCUT2D eigenvalue weighted by Crippen LogP contribution is 2.30. The number of aliphatic carboxylic acids is 1. The number of carbonyl (C=O) groups is 3. The zero-order valence-corrected chi connectivity index (χ0v) is 12.7. The third-order valence-corrected chi connectivity index (χ3v) is 5.24. The molecule has 1 N–H and O–H groups in total. The maximum Gasteiger partial charge on any atom is 0.326 e. The Kier molecular flexibility index (Phi) is 5.63. The normalized spacial score (nSPS) is 16.3. The minimum absolute atomic E-state index is 0.110. The summed E-state index contributed by atoms with van der Waals surface area (Å²) in [6, 6.07) is 4.49. The first-order valence-electron chi connectivity index (χ1n) is 6.38. The quantitative estimate of drug-likeness (QED) is 0.464. The monoisotopic (exact) mass is 326 g/mol. The average Bonchev–Trinajstić information content (AvgIpc) is 2.79. The van der Waals surface area contributed by atoms with Gasteiger partial charge in [-0.25, -0.2) is 9.78 Å². The molecule has 0 saturated carbocycles. The summed E-state index contributed by atoms with van der Waals surface area (Å²) in [5.74, 6) is -1.42. The second-order valence-corrected chi connectivity index (χ2v) is 6.81. The van der Waals surface area contributed by atoms with Crippen molar-refractivity contribution in [3.8, 4) is 0 Å². The fraction of sp³-hybridized carbons (Fsp3) is 0.385. The van der Waals surface area contributed by atoms with Crippen LogP contribution in [0.4, 0.5) is 0 Å². The Labute approximate surface area is 129 Å². The molecule has 8 heteroatoms. The van der Waals surface area contributed by atoms with Crippen molar-refractivity contribution in [1.29, 1.82) is 0 Å². The molecule has 2 amide bonds. The second kappa shape index (κ2) is 7.46. The second-order valence-electron chi connectivity index (χ2n) is 4.37. The third-order valence-electron chi connectivity index (χ3n) is 2.94. The van der Waals surface area contributed by atoms with E-state index >= 15 is 0 Å². The Balaban J connectivity index is 1.85. The Morgan fingerprint density at radius 3 is 2.62 bits per heavy atom. The van der Waals surface area contributed by atoms with Gasteiger partial charge in [-0.3, -0.25) is 14.5 Å². The van der Waals surface area contributed by atoms with Crippen molar-refractivity contribution in [3.63, 3.8) is 0 Å². The van der Waals surface area contributed by atoms with E-state index in [2.05, 4.69) is 4.98 Å². The summed E-state index contributed by atoms with van der Waals surface area (Å²) in [7, 11) is 2.90. The van der Waals surface area contributed by atoms with Crippen molar-refractivity contribution >= 4 is 39.4 Å². The van der Waals surface area contributed by atoms with E-state index < -0.39 is 23.8 Å². The number of hydrogen-bond donors (Lipinski definition) is 1. The number of carboxylic acid groups (broad SMARTS) is 1. The standard InChI is InChI=1S/C13H14N2O4S2/c16-11-4-5-12(17)15(11)9(13(18)19)6-8-20-21-10-3-1-2-7-14-10/h1-3,7,9H,4-6,8H2,(H,18,19). The zero-order valence-electron chi connectivity index (χ0n) is 11.1. The Morgan fingerprint density at radius 2 is 2.05 bits per heavy atom. The van der Waals surface area contributed by atoms with Crippen LogP contribution in [0, 0.1) is 0 Å². The maximum absolute atomic E-state index is 11.6. The van der Waals surface area contributed by atoms with E-state index in [1.807, 2.05) is 18.2 Å². The third kappa shape index (κ3) is 4.21. The van der Waals surface area contributed by atoms with Gasteiger partial charge in [0.1, 0.15) is 11.1 Å². The molecule has 0 spiro atoms. The highest BCUT2D eigenvalue weighted by atomic mass is 33.1. The van der Waals surface area contributed by atoms with Crippen molar-refractivity contribution in [2.75, 3.05) is 5.75 Å². The van der Waals surface area contributed by atoms with E-state index in [4.69, 9.17) is 0 Å². The van der Waals surface area contributed by atoms with Crippen molar-refractivity contribution in [1.82, 2.24) is 9.88 Å². The molecule has 1 fully saturated rings. The summed E-state index contributed by atoms with van der Waals surface area (Å²) < 4.78 is 0. The summed E-state index contributed by atoms with van der Waals surface area (Å²) in [5, 5.41) is 10.0. The molecule has 1 saturated heterocycles. The van der Waals surface area contributed by atoms with Gasteiger partial charge in [-0.2, -0.15) is 0 Å². The lowest BCUT2D eigenvalue weighted by molar-refractivity contribution is -0.154. The molecule has 0 radical (unpaired) electrons. The van der Waals surface area contributed by atoms with Gasteiger partial charge < -0.3 is 5.11 Å². The van der Waals surface area contributed by atoms with Gasteiger partial charge in [0.15, 0.2) is 0 Å². The molecule has 1 unspecified atom stereocenters. The molecule has 1 atom stereocenters. The minimum Gasteiger partial charge on any atom is -0.480 e. The topological polar surface area (TPSA) is 87.6 Å². The molecular weight excluding hydrogens is 312 g/mol. The molecule has 2 rings (SSSR count). The number of imide groups is 1. The summed E-state index contributed by atoms with van der Waals surface area (Å²) >= 11 is 0. The van der Waals surface area contributed by atoms with E-state index in [-0.39, 0.29) is 19.3 Å². The number of likely N-dealkylation sites (tertiary alicyclic amines) is 1. The summed E-state index contributed by atoms with van der Waals surface area (Å²) in [4.78, 5) is 39.5. The van der Waals surface area contributed by atoms with Crippen LogP contribution in [0.5, 0.6) is 0 Å². The molecule has 0 aliphatic carbocycles. The molecule has 6 nitrogen and oxygen atoms in total. The van der Waals surface area contributed by atoms with Crippen LogP contribution in [0.3, 0.4) is 0 Å². The van der Waals surface area contributed by atoms with Gasteiger partial charge in [0, 0.05) is 24.8 Å². The molecule has 0 aromatic carbocycles. The van der Waals surface area contributed by atoms with Crippen LogP contribution in [-0.2, 0) is 14.4 Å². The van der Waals surface area contributed by atoms with Gasteiger partial charge in [-0.15, -0.1) is 0 Å². The highest BCUT2D eigenvalue weighted by Gasteiger charge is 2.38. The van der Waals surface area contributed by atoms with Gasteiger partial charge in [0.25, 0.3) is 0 Å². The fourth-order valence-corrected chi connectivity index (χ4v) is 3.92. The molecular formula is C13H14N2O4S2. The van der Waals surface area contributed by atoms with Crippen LogP contribution < -0.4 is 0 Å². The smallest absolute Gasteiger partial charge is 0.326 e. The summed E-state index contributed by atoms with van der Waals surface area (Å²) in [5.41, 5.74) is 0. The van der Waals surface area contributed by atoms with Gasteiger partial charge >= 0.3 is 5.97 Å². The predicted octanol–water partition coefficient (Wildman–Crippen LogP) is 1.81. The molecule has 2 heterocycles. The minimum atomic E-state index is -1.14. The number of carbonyl (C=O) groups excluding carboxylic acids is 2. The van der Waals surface area contributed by atoms with E-state index in [1.54, 1.807) is 6.20 Å². The SMILES string of the molecule is O=C(O)C(CCSSc1ccccn1)N1C(=O)CCC1=O. The number of nitrogens with zero attached hydrogens (tertiary/aromatic N) is 2. The van der Waals surface area contributed by atoms with E-state index in [0.29, 0.717) is 5.75 Å². The molecule has 1 aromatic rings. The van der Waals surface area contributed by atoms with Crippen molar-refractivity contribution in [3.05, 3.63) is 24.4 Å². The van der Waals surface area contributed by atoms with Crippen LogP contribution in [0.25, 0.3) is 0 Å². The Hall–Kier alpha value is -1.54. The largest absolute Gasteiger partial charge is 0.480 e. The lowest BCUT2D eigenvalue weighted by Gasteiger charge is -2.22. The van der Waals surface area contributed by atoms with E-state index in [0.717, 1.165) is 9.93 Å². The van der Waals surface area contributed by atoms with E-state index in [1.165, 1.54) is 21.6 Å². The first-order valence-corrected chi connectivity index (χ1v) is 8.69. The number of hydrogen-bond acceptors (Lipinski definition) is 6. The number of amides is 2. The van der Waals surface area contributed by atoms with Gasteiger partial charge in [-0.05, 0) is 29.3 Å². The van der Waals surface area contributed by atoms with Gasteiger partial charge in [-0.1, -0.05) is 16.9 Å². The first kappa shape index (κ1) is 15.8. The van der Waals surface area contributed by atoms with Gasteiger partial charge in [0.2, 0.25) is 11.8 Å². The summed E-state index contributed by atoms with van der Waals surface area (Å²) in [6.07, 6.45) is 2.14. The summed E-state index contributed by atoms with van der Waals surface area (Å²) in [6.45, 7) is 0. The Morgan fingerprint density at radius 1 is 1.33 bits per heavy atom. The fourth-order valence-electron chi connectivity index (χ4n) is 1.96. The Bertz CT molecular complexity index is 522. The number of pyridine rings is 1. The first-order chi connectivity index (χ1) is 10.1. The molecule has 21 heavy (non-hydrogen) atoms. The van der Waals surface area contributed by atoms with E-state index in [9.17, 15) is 19.5 Å². The average molecular weight is 326 g/mol. The number of aromatic nitrogens is 1. The van der Waals surface area contributed by atoms with Crippen molar-refractivity contribution < 1.29 is 19.5 Å².